The minimum Gasteiger partial charge on any atom is -0.397 e. The fraction of sp³-hybridized carbons (Fsp3) is 0.111. The number of aliphatic imine (C=N–C) groups is 2. The first-order valence-corrected chi connectivity index (χ1v) is 5.84. The molecule has 0 aliphatic rings. The highest BCUT2D eigenvalue weighted by Crippen LogP contribution is 2.30. The lowest BCUT2D eigenvalue weighted by molar-refractivity contribution is 0.381. The second-order valence-corrected chi connectivity index (χ2v) is 3.95. The van der Waals surface area contributed by atoms with Gasteiger partial charge in [0.15, 0.2) is 0 Å². The first-order valence-electron chi connectivity index (χ1n) is 4.44. The number of hydrogen-bond donors (Lipinski definition) is 3. The molecule has 9 nitrogen and oxygen atoms in total. The van der Waals surface area contributed by atoms with E-state index in [2.05, 4.69) is 9.98 Å². The van der Waals surface area contributed by atoms with Gasteiger partial charge in [0.2, 0.25) is 12.2 Å². The molecule has 0 saturated carbocycles. The number of nitrogens with two attached hydrogens (primary N) is 1. The molecular formula is C9H9N3O6S. The number of carbonyl (C=O) groups excluding carboxylic acids is 2. The summed E-state index contributed by atoms with van der Waals surface area (Å²) in [6.07, 6.45) is 2.78. The van der Waals surface area contributed by atoms with E-state index in [0.717, 1.165) is 5.56 Å². The number of isocyanates is 2. The van der Waals surface area contributed by atoms with Crippen molar-refractivity contribution in [3.8, 4) is 0 Å². The molecule has 0 atom stereocenters. The molecule has 0 unspecified atom stereocenters. The summed E-state index contributed by atoms with van der Waals surface area (Å²) in [5.74, 6) is 0. The predicted molar refractivity (Wildman–Crippen MR) is 65.3 cm³/mol. The summed E-state index contributed by atoms with van der Waals surface area (Å²) in [7, 11) is -4.67. The van der Waals surface area contributed by atoms with Gasteiger partial charge in [0.25, 0.3) is 0 Å². The van der Waals surface area contributed by atoms with Crippen LogP contribution in [-0.2, 0) is 20.0 Å². The molecule has 0 amide bonds. The molecular weight excluding hydrogens is 278 g/mol. The van der Waals surface area contributed by atoms with Crippen LogP contribution in [0.5, 0.6) is 0 Å². The van der Waals surface area contributed by atoms with E-state index in [-0.39, 0.29) is 5.69 Å². The van der Waals surface area contributed by atoms with E-state index in [0.29, 0.717) is 11.4 Å². The van der Waals surface area contributed by atoms with Crippen molar-refractivity contribution in [1.29, 1.82) is 0 Å². The van der Waals surface area contributed by atoms with Gasteiger partial charge >= 0.3 is 10.4 Å². The molecule has 0 bridgehead atoms. The van der Waals surface area contributed by atoms with Crippen LogP contribution in [0.4, 0.5) is 17.1 Å². The monoisotopic (exact) mass is 287 g/mol. The number of benzene rings is 1. The normalized spacial score (nSPS) is 9.42. The van der Waals surface area contributed by atoms with Gasteiger partial charge in [-0.3, -0.25) is 9.11 Å². The van der Waals surface area contributed by atoms with E-state index in [4.69, 9.17) is 23.3 Å². The molecule has 4 N–H and O–H groups in total. The van der Waals surface area contributed by atoms with Gasteiger partial charge < -0.3 is 5.73 Å². The van der Waals surface area contributed by atoms with Crippen molar-refractivity contribution < 1.29 is 27.1 Å². The van der Waals surface area contributed by atoms with E-state index in [1.165, 1.54) is 18.2 Å². The van der Waals surface area contributed by atoms with Crippen LogP contribution < -0.4 is 5.73 Å². The topological polar surface area (TPSA) is 159 Å². The van der Waals surface area contributed by atoms with Gasteiger partial charge in [-0.1, -0.05) is 0 Å². The van der Waals surface area contributed by atoms with Crippen LogP contribution in [0.1, 0.15) is 5.56 Å². The van der Waals surface area contributed by atoms with E-state index < -0.39 is 10.4 Å². The van der Waals surface area contributed by atoms with Crippen LogP contribution in [0.3, 0.4) is 0 Å². The van der Waals surface area contributed by atoms with Crippen LogP contribution in [0.15, 0.2) is 22.1 Å². The first-order chi connectivity index (χ1) is 8.69. The van der Waals surface area contributed by atoms with Crippen molar-refractivity contribution in [2.75, 3.05) is 5.73 Å². The van der Waals surface area contributed by atoms with Crippen molar-refractivity contribution in [3.05, 3.63) is 17.7 Å². The number of hydrogen-bond acceptors (Lipinski definition) is 7. The molecule has 1 aromatic carbocycles. The molecule has 0 saturated heterocycles. The van der Waals surface area contributed by atoms with E-state index in [1.54, 1.807) is 13.0 Å². The molecule has 19 heavy (non-hydrogen) atoms. The molecule has 0 heterocycles. The lowest BCUT2D eigenvalue weighted by Crippen LogP contribution is -1.89. The number of nitrogen functional groups attached to an aromatic ring is 1. The third kappa shape index (κ3) is 7.55. The van der Waals surface area contributed by atoms with Crippen LogP contribution in [-0.4, -0.2) is 29.7 Å². The van der Waals surface area contributed by atoms with Gasteiger partial charge in [-0.25, -0.2) is 9.59 Å². The second kappa shape index (κ2) is 7.17. The fourth-order valence-corrected chi connectivity index (χ4v) is 1.02. The maximum absolute atomic E-state index is 10.0. The molecule has 0 aliphatic heterocycles. The zero-order valence-electron chi connectivity index (χ0n) is 9.56. The van der Waals surface area contributed by atoms with Crippen LogP contribution in [0, 0.1) is 6.92 Å². The van der Waals surface area contributed by atoms with Crippen LogP contribution in [0.2, 0.25) is 0 Å². The number of rotatable bonds is 2. The Morgan fingerprint density at radius 1 is 1.11 bits per heavy atom. The maximum atomic E-state index is 10.0. The highest BCUT2D eigenvalue weighted by atomic mass is 32.3. The average Bonchev–Trinajstić information content (AvgIpc) is 2.23. The van der Waals surface area contributed by atoms with Gasteiger partial charge in [-0.05, 0) is 24.6 Å². The van der Waals surface area contributed by atoms with Gasteiger partial charge in [-0.2, -0.15) is 18.4 Å². The highest BCUT2D eigenvalue weighted by Gasteiger charge is 2.03. The molecule has 102 valence electrons. The number of nitrogens with zero attached hydrogens (tertiary/aromatic N) is 2. The minimum absolute atomic E-state index is 0.250. The zero-order valence-corrected chi connectivity index (χ0v) is 10.4. The Hall–Kier alpha value is -2.35. The average molecular weight is 287 g/mol. The Morgan fingerprint density at radius 2 is 1.53 bits per heavy atom. The minimum atomic E-state index is -4.67. The lowest BCUT2D eigenvalue weighted by atomic mass is 10.1. The molecule has 0 radical (unpaired) electrons. The largest absolute Gasteiger partial charge is 0.397 e. The Labute approximate surface area is 108 Å². The van der Waals surface area contributed by atoms with Gasteiger partial charge in [-0.15, -0.1) is 0 Å². The van der Waals surface area contributed by atoms with Crippen molar-refractivity contribution >= 4 is 39.6 Å². The second-order valence-electron chi connectivity index (χ2n) is 3.05. The predicted octanol–water partition coefficient (Wildman–Crippen LogP) is 0.859. The highest BCUT2D eigenvalue weighted by molar-refractivity contribution is 7.79. The molecule has 1 aromatic rings. The summed E-state index contributed by atoms with van der Waals surface area (Å²) >= 11 is 0. The number of aryl methyl sites for hydroxylation is 1. The number of anilines is 1. The van der Waals surface area contributed by atoms with Gasteiger partial charge in [0.1, 0.15) is 5.69 Å². The van der Waals surface area contributed by atoms with Crippen molar-refractivity contribution in [3.63, 3.8) is 0 Å². The first kappa shape index (κ1) is 16.6. The summed E-state index contributed by atoms with van der Waals surface area (Å²) in [6.45, 7) is 1.74. The molecule has 10 heteroatoms. The summed E-state index contributed by atoms with van der Waals surface area (Å²) in [5.41, 5.74) is 7.26. The molecule has 0 spiro atoms. The zero-order chi connectivity index (χ0) is 15.1. The van der Waals surface area contributed by atoms with Gasteiger partial charge in [0.05, 0.1) is 11.4 Å². The van der Waals surface area contributed by atoms with Crippen molar-refractivity contribution in [2.24, 2.45) is 9.98 Å². The van der Waals surface area contributed by atoms with E-state index in [9.17, 15) is 9.59 Å². The van der Waals surface area contributed by atoms with Crippen molar-refractivity contribution in [1.82, 2.24) is 0 Å². The molecule has 0 aromatic heterocycles. The van der Waals surface area contributed by atoms with Gasteiger partial charge in [0, 0.05) is 0 Å². The Kier molecular flexibility index (Phi) is 6.28. The summed E-state index contributed by atoms with van der Waals surface area (Å²) in [6, 6.07) is 3.01. The molecule has 1 rings (SSSR count). The summed E-state index contributed by atoms with van der Waals surface area (Å²) in [4.78, 5) is 26.9. The van der Waals surface area contributed by atoms with Crippen molar-refractivity contribution in [2.45, 2.75) is 6.92 Å². The Balaban J connectivity index is 0.000000555. The van der Waals surface area contributed by atoms with E-state index >= 15 is 0 Å². The van der Waals surface area contributed by atoms with Crippen LogP contribution >= 0.6 is 0 Å². The lowest BCUT2D eigenvalue weighted by Gasteiger charge is -2.02. The maximum Gasteiger partial charge on any atom is 0.394 e. The smallest absolute Gasteiger partial charge is 0.394 e. The fourth-order valence-electron chi connectivity index (χ4n) is 1.02. The Morgan fingerprint density at radius 3 is 1.95 bits per heavy atom. The third-order valence-corrected chi connectivity index (χ3v) is 1.68. The van der Waals surface area contributed by atoms with Crippen LogP contribution in [0.25, 0.3) is 0 Å². The molecule has 0 fully saturated rings. The summed E-state index contributed by atoms with van der Waals surface area (Å²) < 4.78 is 31.6. The standard InChI is InChI=1S/C9H7N3O2.H2O4S/c1-6-2-7(10)9(12-5-14)3-8(6)11-4-13;1-5(2,3)4/h2-3H,10H2,1H3;(H2,1,2,3,4). The quantitative estimate of drug-likeness (QED) is 0.314. The third-order valence-electron chi connectivity index (χ3n) is 1.68. The van der Waals surface area contributed by atoms with E-state index in [1.807, 2.05) is 0 Å². The SMILES string of the molecule is Cc1cc(N)c(N=C=O)cc1N=C=O.O=S(=O)(O)O. The molecule has 0 aliphatic carbocycles. The summed E-state index contributed by atoms with van der Waals surface area (Å²) in [5, 5.41) is 0. The Bertz CT molecular complexity index is 610.